The van der Waals surface area contributed by atoms with Crippen LogP contribution in [0, 0.1) is 0 Å². The van der Waals surface area contributed by atoms with Gasteiger partial charge in [-0.05, 0) is 30.0 Å². The fourth-order valence-corrected chi connectivity index (χ4v) is 6.23. The number of carbonyl (C=O) groups is 2. The number of aromatic nitrogens is 1. The maximum atomic E-state index is 13.6. The van der Waals surface area contributed by atoms with E-state index >= 15 is 0 Å². The van der Waals surface area contributed by atoms with E-state index in [-0.39, 0.29) is 36.0 Å². The van der Waals surface area contributed by atoms with Crippen LogP contribution in [0.1, 0.15) is 46.5 Å². The van der Waals surface area contributed by atoms with E-state index < -0.39 is 41.4 Å². The van der Waals surface area contributed by atoms with Crippen LogP contribution < -0.4 is 32.2 Å². The summed E-state index contributed by atoms with van der Waals surface area (Å²) in [6.07, 6.45) is 3.79. The number of benzene rings is 1. The van der Waals surface area contributed by atoms with Gasteiger partial charge in [-0.2, -0.15) is 0 Å². The molecule has 1 aromatic carbocycles. The van der Waals surface area contributed by atoms with Crippen LogP contribution in [0.15, 0.2) is 52.7 Å². The van der Waals surface area contributed by atoms with Gasteiger partial charge in [-0.3, -0.25) is 14.6 Å². The zero-order valence-corrected chi connectivity index (χ0v) is 22.7. The molecule has 4 aliphatic rings. The number of carbonyl (C=O) groups excluding carboxylic acids is 2. The van der Waals surface area contributed by atoms with Gasteiger partial charge < -0.3 is 47.3 Å². The predicted octanol–water partition coefficient (Wildman–Crippen LogP) is -1.65. The lowest BCUT2D eigenvalue weighted by atomic mass is 9.79. The first-order valence-electron chi connectivity index (χ1n) is 13.4. The summed E-state index contributed by atoms with van der Waals surface area (Å²) in [6, 6.07) is 5.62. The van der Waals surface area contributed by atoms with Crippen LogP contribution >= 0.6 is 0 Å². The van der Waals surface area contributed by atoms with E-state index in [0.717, 1.165) is 12.0 Å². The largest absolute Gasteiger partial charge is 0.492 e. The Kier molecular flexibility index (Phi) is 6.08. The number of guanidine groups is 2. The third-order valence-electron chi connectivity index (χ3n) is 8.46. The third kappa shape index (κ3) is 4.04. The average Bonchev–Trinajstić information content (AvgIpc) is 3.41. The quantitative estimate of drug-likeness (QED) is 0.206. The molecule has 0 radical (unpaired) electrons. The molecule has 4 aliphatic heterocycles. The van der Waals surface area contributed by atoms with Crippen LogP contribution in [0.25, 0.3) is 0 Å². The highest BCUT2D eigenvalue weighted by molar-refractivity contribution is 5.98. The number of para-hydroxylation sites is 1. The molecule has 1 saturated heterocycles. The number of nitrogens with one attached hydrogen (secondary N) is 3. The smallest absolute Gasteiger partial charge is 0.255 e. The summed E-state index contributed by atoms with van der Waals surface area (Å²) >= 11 is 0. The Bertz CT molecular complexity index is 1460. The second-order valence-electron chi connectivity index (χ2n) is 11.4. The van der Waals surface area contributed by atoms with Crippen LogP contribution in [0.5, 0.6) is 5.75 Å². The number of ether oxygens (including phenoxy) is 1. The van der Waals surface area contributed by atoms with Gasteiger partial charge >= 0.3 is 0 Å². The predicted molar refractivity (Wildman–Crippen MR) is 148 cm³/mol. The molecule has 6 rings (SSSR count). The van der Waals surface area contributed by atoms with E-state index in [1.807, 2.05) is 6.07 Å². The number of nitrogens with zero attached hydrogens (tertiary/aromatic N) is 4. The third-order valence-corrected chi connectivity index (χ3v) is 8.46. The van der Waals surface area contributed by atoms with Crippen molar-refractivity contribution < 1.29 is 24.5 Å². The average molecular weight is 564 g/mol. The van der Waals surface area contributed by atoms with E-state index in [1.54, 1.807) is 30.5 Å². The van der Waals surface area contributed by atoms with Gasteiger partial charge in [-0.25, -0.2) is 9.98 Å². The van der Waals surface area contributed by atoms with Crippen molar-refractivity contribution in [2.24, 2.45) is 21.5 Å². The van der Waals surface area contributed by atoms with Crippen molar-refractivity contribution in [3.05, 3.63) is 59.4 Å². The zero-order valence-electron chi connectivity index (χ0n) is 22.7. The topological polar surface area (TPSA) is 213 Å². The number of rotatable bonds is 5. The maximum Gasteiger partial charge on any atom is 0.255 e. The Hall–Kier alpha value is -4.43. The molecule has 0 aliphatic carbocycles. The summed E-state index contributed by atoms with van der Waals surface area (Å²) in [5.41, 5.74) is 12.0. The van der Waals surface area contributed by atoms with Crippen LogP contribution in [0.2, 0.25) is 0 Å². The second kappa shape index (κ2) is 9.31. The number of amides is 2. The van der Waals surface area contributed by atoms with Crippen molar-refractivity contribution >= 4 is 23.7 Å². The summed E-state index contributed by atoms with van der Waals surface area (Å²) in [4.78, 5) is 40.5. The Morgan fingerprint density at radius 1 is 1.17 bits per heavy atom. The van der Waals surface area contributed by atoms with Gasteiger partial charge in [0.15, 0.2) is 17.6 Å². The Morgan fingerprint density at radius 3 is 2.73 bits per heavy atom. The van der Waals surface area contributed by atoms with Crippen molar-refractivity contribution in [1.82, 2.24) is 25.8 Å². The van der Waals surface area contributed by atoms with Gasteiger partial charge in [0.1, 0.15) is 17.8 Å². The molecular weight excluding hydrogens is 530 g/mol. The molecule has 14 nitrogen and oxygen atoms in total. The van der Waals surface area contributed by atoms with Gasteiger partial charge in [0.25, 0.3) is 11.8 Å². The van der Waals surface area contributed by atoms with Crippen LogP contribution in [0.4, 0.5) is 0 Å². The normalized spacial score (nSPS) is 28.6. The van der Waals surface area contributed by atoms with Gasteiger partial charge in [-0.1, -0.05) is 26.0 Å². The fourth-order valence-electron chi connectivity index (χ4n) is 6.23. The minimum atomic E-state index is -2.61. The minimum Gasteiger partial charge on any atom is -0.492 e. The van der Waals surface area contributed by atoms with Crippen molar-refractivity contribution in [2.75, 3.05) is 19.7 Å². The number of hydrogen-bond donors (Lipinski definition) is 7. The number of pyridine rings is 1. The summed E-state index contributed by atoms with van der Waals surface area (Å²) in [5.74, 6) is -3.14. The van der Waals surface area contributed by atoms with Gasteiger partial charge in [-0.15, -0.1) is 0 Å². The fraction of sp³-hybridized carbons (Fsp3) is 0.444. The van der Waals surface area contributed by atoms with Gasteiger partial charge in [0, 0.05) is 31.0 Å². The molecule has 1 fully saturated rings. The molecule has 1 spiro atoms. The van der Waals surface area contributed by atoms with Gasteiger partial charge in [0.05, 0.1) is 23.8 Å². The Morgan fingerprint density at radius 2 is 1.98 bits per heavy atom. The lowest BCUT2D eigenvalue weighted by Gasteiger charge is -2.49. The molecule has 9 N–H and O–H groups in total. The first kappa shape index (κ1) is 26.8. The molecule has 41 heavy (non-hydrogen) atoms. The van der Waals surface area contributed by atoms with Crippen molar-refractivity contribution in [2.45, 2.75) is 55.3 Å². The number of nitrogens with two attached hydrogens (primary N) is 2. The highest BCUT2D eigenvalue weighted by Gasteiger charge is 2.73. The van der Waals surface area contributed by atoms with Crippen LogP contribution in [-0.4, -0.2) is 93.1 Å². The second-order valence-corrected chi connectivity index (χ2v) is 11.4. The van der Waals surface area contributed by atoms with E-state index in [0.29, 0.717) is 17.9 Å². The molecule has 5 heterocycles. The minimum absolute atomic E-state index is 0.0225. The summed E-state index contributed by atoms with van der Waals surface area (Å²) in [5, 5.41) is 31.9. The molecule has 0 bridgehead atoms. The molecule has 0 saturated carbocycles. The number of aliphatic hydroxyl groups is 2. The lowest BCUT2D eigenvalue weighted by Crippen LogP contribution is -2.78. The van der Waals surface area contributed by atoms with E-state index in [2.05, 4.69) is 44.8 Å². The molecule has 2 amide bonds. The van der Waals surface area contributed by atoms with Crippen molar-refractivity contribution in [3.8, 4) is 5.75 Å². The van der Waals surface area contributed by atoms with Crippen LogP contribution in [-0.2, 0) is 5.41 Å². The Labute approximate surface area is 235 Å². The monoisotopic (exact) mass is 563 g/mol. The number of hydrogen-bond acceptors (Lipinski definition) is 12. The Balaban J connectivity index is 1.27. The van der Waals surface area contributed by atoms with Crippen molar-refractivity contribution in [1.29, 1.82) is 0 Å². The molecule has 14 heteroatoms. The van der Waals surface area contributed by atoms with Gasteiger partial charge in [0.2, 0.25) is 5.79 Å². The molecule has 1 aromatic heterocycles. The first-order chi connectivity index (χ1) is 19.5. The molecule has 216 valence electrons. The maximum absolute atomic E-state index is 13.6. The van der Waals surface area contributed by atoms with E-state index in [1.165, 1.54) is 11.1 Å². The highest BCUT2D eigenvalue weighted by Crippen LogP contribution is 2.45. The van der Waals surface area contributed by atoms with E-state index in [9.17, 15) is 19.8 Å². The standard InChI is InChI=1S/C27H33N9O5/c1-25(2)8-10-41-19-15(6-3-7-16(19)25)22(38)33-18-13-36-24(29)32-17(12-31-21(37)14-5-4-9-30-11-14)20-26(36,27(18,39)40)35-23(28)34-20/h3-7,9,11,17-18,20,39-40H,8,10,12-13H2,1-2H3,(H2,29,32)(H,31,37)(H,33,38)(H3,28,34,35)/t17-,18?,20?,26?/m0/s1. The lowest BCUT2D eigenvalue weighted by molar-refractivity contribution is -0.230. The highest BCUT2D eigenvalue weighted by atomic mass is 16.5. The molecular formula is C27H33N9O5. The summed E-state index contributed by atoms with van der Waals surface area (Å²) < 4.78 is 5.89. The van der Waals surface area contributed by atoms with E-state index in [4.69, 9.17) is 16.2 Å². The zero-order chi connectivity index (χ0) is 29.2. The van der Waals surface area contributed by atoms with Crippen LogP contribution in [0.3, 0.4) is 0 Å². The molecule has 2 aromatic rings. The number of fused-ring (bicyclic) bond motifs is 1. The van der Waals surface area contributed by atoms with Crippen molar-refractivity contribution in [3.63, 3.8) is 0 Å². The molecule has 4 atom stereocenters. The number of aliphatic imine (C=N–C) groups is 2. The summed E-state index contributed by atoms with van der Waals surface area (Å²) in [7, 11) is 0. The SMILES string of the molecule is CC1(C)CCOc2c(C(=O)NC3CN4C(N)=N[C@@H](CNC(=O)c5cccnc5)C5N=C(N)NC54C3(O)O)cccc21. The molecule has 3 unspecified atom stereocenters. The first-order valence-corrected chi connectivity index (χ1v) is 13.4. The summed E-state index contributed by atoms with van der Waals surface area (Å²) in [6.45, 7) is 4.51.